The van der Waals surface area contributed by atoms with E-state index in [4.69, 9.17) is 14.2 Å². The smallest absolute Gasteiger partial charge is 0.163 e. The maximum atomic E-state index is 9.93. The van der Waals surface area contributed by atoms with Gasteiger partial charge in [0, 0.05) is 0 Å². The summed E-state index contributed by atoms with van der Waals surface area (Å²) in [4.78, 5) is 0. The first-order chi connectivity index (χ1) is 8.57. The Hall–Kier alpha value is -0.940. The first-order valence-electron chi connectivity index (χ1n) is 6.18. The molecular weight excluding hydrogens is 232 g/mol. The van der Waals surface area contributed by atoms with Crippen molar-refractivity contribution < 1.29 is 19.3 Å². The Bertz CT molecular complexity index is 363. The Morgan fingerprint density at radius 1 is 1.39 bits per heavy atom. The molecule has 1 aromatic carbocycles. The Morgan fingerprint density at radius 2 is 2.11 bits per heavy atom. The van der Waals surface area contributed by atoms with Gasteiger partial charge in [-0.05, 0) is 19.4 Å². The van der Waals surface area contributed by atoms with Gasteiger partial charge in [0.05, 0.1) is 19.8 Å². The number of rotatable bonds is 5. The Balaban J connectivity index is 1.71. The summed E-state index contributed by atoms with van der Waals surface area (Å²) >= 11 is 0. The van der Waals surface area contributed by atoms with Crippen LogP contribution in [0.25, 0.3) is 0 Å². The third-order valence-corrected chi connectivity index (χ3v) is 2.86. The number of hydrogen-bond donors (Lipinski definition) is 1. The highest BCUT2D eigenvalue weighted by Gasteiger charge is 2.36. The highest BCUT2D eigenvalue weighted by molar-refractivity contribution is 5.13. The standard InChI is InChI=1S/C14H20O4/c1-14(2)17-10-13(18-14)12(15)9-16-8-11-6-4-3-5-7-11/h3-7,12-13,15H,8-10H2,1-2H3/t12-,13+/m1/s1. The topological polar surface area (TPSA) is 47.9 Å². The van der Waals surface area contributed by atoms with Crippen molar-refractivity contribution in [3.05, 3.63) is 35.9 Å². The van der Waals surface area contributed by atoms with E-state index in [0.29, 0.717) is 13.2 Å². The Kier molecular flexibility index (Phi) is 4.35. The fourth-order valence-corrected chi connectivity index (χ4v) is 1.88. The first kappa shape index (κ1) is 13.5. The van der Waals surface area contributed by atoms with E-state index in [1.165, 1.54) is 0 Å². The fourth-order valence-electron chi connectivity index (χ4n) is 1.88. The highest BCUT2D eigenvalue weighted by atomic mass is 16.7. The molecule has 0 unspecified atom stereocenters. The largest absolute Gasteiger partial charge is 0.388 e. The van der Waals surface area contributed by atoms with Gasteiger partial charge in [-0.15, -0.1) is 0 Å². The summed E-state index contributed by atoms with van der Waals surface area (Å²) in [7, 11) is 0. The minimum absolute atomic E-state index is 0.249. The molecule has 0 radical (unpaired) electrons. The molecule has 0 amide bonds. The van der Waals surface area contributed by atoms with Crippen LogP contribution in [0.4, 0.5) is 0 Å². The van der Waals surface area contributed by atoms with Crippen LogP contribution < -0.4 is 0 Å². The predicted octanol–water partition coefficient (Wildman–Crippen LogP) is 1.72. The van der Waals surface area contributed by atoms with Crippen molar-refractivity contribution >= 4 is 0 Å². The minimum Gasteiger partial charge on any atom is -0.388 e. The normalized spacial score (nSPS) is 24.1. The molecule has 1 heterocycles. The number of ether oxygens (including phenoxy) is 3. The molecule has 1 saturated heterocycles. The summed E-state index contributed by atoms with van der Waals surface area (Å²) in [5.74, 6) is -0.606. The van der Waals surface area contributed by atoms with E-state index in [1.807, 2.05) is 44.2 Å². The van der Waals surface area contributed by atoms with Gasteiger partial charge in [0.25, 0.3) is 0 Å². The van der Waals surface area contributed by atoms with Crippen LogP contribution in [-0.2, 0) is 20.8 Å². The molecule has 0 aromatic heterocycles. The van der Waals surface area contributed by atoms with E-state index < -0.39 is 11.9 Å². The molecule has 1 N–H and O–H groups in total. The molecule has 18 heavy (non-hydrogen) atoms. The molecule has 1 aromatic rings. The summed E-state index contributed by atoms with van der Waals surface area (Å²) in [6, 6.07) is 9.87. The molecule has 2 rings (SSSR count). The van der Waals surface area contributed by atoms with E-state index >= 15 is 0 Å². The SMILES string of the molecule is CC1(C)OC[C@@H]([C@H](O)COCc2ccccc2)O1. The monoisotopic (exact) mass is 252 g/mol. The minimum atomic E-state index is -0.657. The van der Waals surface area contributed by atoms with Gasteiger partial charge in [0.1, 0.15) is 12.2 Å². The zero-order chi connectivity index (χ0) is 13.0. The molecule has 4 nitrogen and oxygen atoms in total. The van der Waals surface area contributed by atoms with Crippen LogP contribution in [0.2, 0.25) is 0 Å². The molecule has 2 atom stereocenters. The van der Waals surface area contributed by atoms with E-state index in [0.717, 1.165) is 5.56 Å². The molecule has 0 saturated carbocycles. The average Bonchev–Trinajstić information content (AvgIpc) is 2.71. The van der Waals surface area contributed by atoms with Gasteiger partial charge in [0.15, 0.2) is 5.79 Å². The van der Waals surface area contributed by atoms with Crippen LogP contribution in [0.15, 0.2) is 30.3 Å². The summed E-state index contributed by atoms with van der Waals surface area (Å²) in [6.07, 6.45) is -0.966. The van der Waals surface area contributed by atoms with Crippen LogP contribution >= 0.6 is 0 Å². The predicted molar refractivity (Wildman–Crippen MR) is 67.0 cm³/mol. The quantitative estimate of drug-likeness (QED) is 0.866. The zero-order valence-corrected chi connectivity index (χ0v) is 10.8. The molecule has 1 fully saturated rings. The lowest BCUT2D eigenvalue weighted by Crippen LogP contribution is -2.34. The Labute approximate surface area is 107 Å². The fraction of sp³-hybridized carbons (Fsp3) is 0.571. The van der Waals surface area contributed by atoms with E-state index in [9.17, 15) is 5.11 Å². The van der Waals surface area contributed by atoms with Crippen molar-refractivity contribution in [3.63, 3.8) is 0 Å². The van der Waals surface area contributed by atoms with Crippen LogP contribution in [0.5, 0.6) is 0 Å². The second kappa shape index (κ2) is 5.80. The average molecular weight is 252 g/mol. The van der Waals surface area contributed by atoms with Gasteiger partial charge in [-0.3, -0.25) is 0 Å². The molecule has 1 aliphatic heterocycles. The lowest BCUT2D eigenvalue weighted by atomic mass is 10.2. The van der Waals surface area contributed by atoms with Gasteiger partial charge in [-0.2, -0.15) is 0 Å². The van der Waals surface area contributed by atoms with Crippen molar-refractivity contribution in [2.45, 2.75) is 38.4 Å². The Morgan fingerprint density at radius 3 is 2.72 bits per heavy atom. The lowest BCUT2D eigenvalue weighted by molar-refractivity contribution is -0.156. The lowest BCUT2D eigenvalue weighted by Gasteiger charge is -2.20. The van der Waals surface area contributed by atoms with Crippen LogP contribution in [0.1, 0.15) is 19.4 Å². The number of hydrogen-bond acceptors (Lipinski definition) is 4. The summed E-state index contributed by atoms with van der Waals surface area (Å²) in [5, 5.41) is 9.93. The second-order valence-corrected chi connectivity index (χ2v) is 4.94. The molecule has 0 bridgehead atoms. The van der Waals surface area contributed by atoms with Gasteiger partial charge in [-0.25, -0.2) is 0 Å². The van der Waals surface area contributed by atoms with Gasteiger partial charge < -0.3 is 19.3 Å². The van der Waals surface area contributed by atoms with Crippen molar-refractivity contribution in [3.8, 4) is 0 Å². The maximum Gasteiger partial charge on any atom is 0.163 e. The molecule has 4 heteroatoms. The van der Waals surface area contributed by atoms with Crippen LogP contribution in [0.3, 0.4) is 0 Å². The molecular formula is C14H20O4. The van der Waals surface area contributed by atoms with Crippen molar-refractivity contribution in [2.24, 2.45) is 0 Å². The van der Waals surface area contributed by atoms with Gasteiger partial charge in [0.2, 0.25) is 0 Å². The molecule has 0 aliphatic carbocycles. The number of benzene rings is 1. The second-order valence-electron chi connectivity index (χ2n) is 4.94. The summed E-state index contributed by atoms with van der Waals surface area (Å²) in [6.45, 7) is 4.83. The van der Waals surface area contributed by atoms with Crippen molar-refractivity contribution in [1.82, 2.24) is 0 Å². The summed E-state index contributed by atoms with van der Waals surface area (Å²) < 4.78 is 16.4. The number of aliphatic hydroxyl groups is 1. The highest BCUT2D eigenvalue weighted by Crippen LogP contribution is 2.24. The molecule has 1 aliphatic rings. The van der Waals surface area contributed by atoms with Crippen LogP contribution in [-0.4, -0.2) is 36.3 Å². The first-order valence-corrected chi connectivity index (χ1v) is 6.18. The number of aliphatic hydroxyl groups excluding tert-OH is 1. The molecule has 100 valence electrons. The van der Waals surface area contributed by atoms with Gasteiger partial charge >= 0.3 is 0 Å². The van der Waals surface area contributed by atoms with E-state index in [2.05, 4.69) is 0 Å². The van der Waals surface area contributed by atoms with Crippen molar-refractivity contribution in [2.75, 3.05) is 13.2 Å². The third kappa shape index (κ3) is 3.78. The van der Waals surface area contributed by atoms with Crippen LogP contribution in [0, 0.1) is 0 Å². The van der Waals surface area contributed by atoms with Crippen molar-refractivity contribution in [1.29, 1.82) is 0 Å². The summed E-state index contributed by atoms with van der Waals surface area (Å²) in [5.41, 5.74) is 1.09. The molecule has 0 spiro atoms. The van der Waals surface area contributed by atoms with E-state index in [-0.39, 0.29) is 12.7 Å². The van der Waals surface area contributed by atoms with Gasteiger partial charge in [-0.1, -0.05) is 30.3 Å². The maximum absolute atomic E-state index is 9.93. The third-order valence-electron chi connectivity index (χ3n) is 2.86. The zero-order valence-electron chi connectivity index (χ0n) is 10.8. The van der Waals surface area contributed by atoms with E-state index in [1.54, 1.807) is 0 Å².